The van der Waals surface area contributed by atoms with Crippen molar-refractivity contribution in [1.29, 1.82) is 0 Å². The van der Waals surface area contributed by atoms with Gasteiger partial charge in [0.1, 0.15) is 0 Å². The molecule has 0 aromatic heterocycles. The third-order valence-corrected chi connectivity index (χ3v) is 3.46. The maximum absolute atomic E-state index is 12.4. The van der Waals surface area contributed by atoms with Gasteiger partial charge in [-0.3, -0.25) is 4.79 Å². The standard InChI is InChI=1S/C16H16Cl2N2O/c1-2-9-19-14-6-4-3-5-12(14)16(21)20-15-8-7-11(17)10-13(15)18/h3-8,10,19H,2,9H2,1H3,(H,20,21). The SMILES string of the molecule is CCCNc1ccccc1C(=O)Nc1ccc(Cl)cc1Cl. The van der Waals surface area contributed by atoms with E-state index < -0.39 is 0 Å². The average molecular weight is 323 g/mol. The summed E-state index contributed by atoms with van der Waals surface area (Å²) in [6.07, 6.45) is 0.985. The molecule has 5 heteroatoms. The number of amides is 1. The predicted octanol–water partition coefficient (Wildman–Crippen LogP) is 5.07. The summed E-state index contributed by atoms with van der Waals surface area (Å²) in [7, 11) is 0. The highest BCUT2D eigenvalue weighted by molar-refractivity contribution is 6.36. The van der Waals surface area contributed by atoms with Gasteiger partial charge in [-0.2, -0.15) is 0 Å². The lowest BCUT2D eigenvalue weighted by molar-refractivity contribution is 0.102. The number of halogens is 2. The molecule has 0 radical (unpaired) electrons. The minimum atomic E-state index is -0.210. The van der Waals surface area contributed by atoms with Crippen LogP contribution in [0.5, 0.6) is 0 Å². The Hall–Kier alpha value is -1.71. The van der Waals surface area contributed by atoms with Crippen molar-refractivity contribution >= 4 is 40.5 Å². The molecule has 0 unspecified atom stereocenters. The van der Waals surface area contributed by atoms with E-state index in [9.17, 15) is 4.79 Å². The molecule has 21 heavy (non-hydrogen) atoms. The largest absolute Gasteiger partial charge is 0.384 e. The molecule has 0 aliphatic carbocycles. The summed E-state index contributed by atoms with van der Waals surface area (Å²) in [6, 6.07) is 12.3. The molecule has 2 N–H and O–H groups in total. The number of hydrogen-bond donors (Lipinski definition) is 2. The summed E-state index contributed by atoms with van der Waals surface area (Å²) < 4.78 is 0. The van der Waals surface area contributed by atoms with Gasteiger partial charge in [-0.15, -0.1) is 0 Å². The summed E-state index contributed by atoms with van der Waals surface area (Å²) in [5.41, 5.74) is 1.93. The summed E-state index contributed by atoms with van der Waals surface area (Å²) >= 11 is 11.9. The van der Waals surface area contributed by atoms with Crippen LogP contribution >= 0.6 is 23.2 Å². The summed E-state index contributed by atoms with van der Waals surface area (Å²) in [4.78, 5) is 12.4. The first-order chi connectivity index (χ1) is 10.1. The molecule has 0 saturated heterocycles. The van der Waals surface area contributed by atoms with Gasteiger partial charge in [-0.25, -0.2) is 0 Å². The zero-order chi connectivity index (χ0) is 15.2. The van der Waals surface area contributed by atoms with Gasteiger partial charge in [0, 0.05) is 17.3 Å². The van der Waals surface area contributed by atoms with E-state index in [1.54, 1.807) is 24.3 Å². The molecule has 0 atom stereocenters. The molecule has 0 fully saturated rings. The predicted molar refractivity (Wildman–Crippen MR) is 89.6 cm³/mol. The highest BCUT2D eigenvalue weighted by Crippen LogP contribution is 2.26. The molecule has 2 rings (SSSR count). The van der Waals surface area contributed by atoms with Crippen molar-refractivity contribution in [2.24, 2.45) is 0 Å². The number of rotatable bonds is 5. The van der Waals surface area contributed by atoms with E-state index in [0.29, 0.717) is 21.3 Å². The quantitative estimate of drug-likeness (QED) is 0.807. The molecule has 0 aliphatic rings. The van der Waals surface area contributed by atoms with Crippen LogP contribution in [0, 0.1) is 0 Å². The van der Waals surface area contributed by atoms with Crippen LogP contribution in [0.2, 0.25) is 10.0 Å². The van der Waals surface area contributed by atoms with Gasteiger partial charge < -0.3 is 10.6 Å². The summed E-state index contributed by atoms with van der Waals surface area (Å²) in [6.45, 7) is 2.88. The second kappa shape index (κ2) is 7.34. The van der Waals surface area contributed by atoms with Crippen molar-refractivity contribution in [2.75, 3.05) is 17.2 Å². The van der Waals surface area contributed by atoms with Crippen LogP contribution in [0.15, 0.2) is 42.5 Å². The van der Waals surface area contributed by atoms with Crippen LogP contribution in [0.1, 0.15) is 23.7 Å². The van der Waals surface area contributed by atoms with E-state index in [-0.39, 0.29) is 5.91 Å². The van der Waals surface area contributed by atoms with E-state index in [2.05, 4.69) is 17.6 Å². The van der Waals surface area contributed by atoms with E-state index in [1.807, 2.05) is 18.2 Å². The Labute approximate surface area is 134 Å². The Bertz CT molecular complexity index is 644. The number of anilines is 2. The zero-order valence-electron chi connectivity index (χ0n) is 11.6. The van der Waals surface area contributed by atoms with Crippen molar-refractivity contribution in [2.45, 2.75) is 13.3 Å². The Morgan fingerprint density at radius 1 is 1.10 bits per heavy atom. The number of hydrogen-bond acceptors (Lipinski definition) is 2. The van der Waals surface area contributed by atoms with E-state index in [4.69, 9.17) is 23.2 Å². The third-order valence-electron chi connectivity index (χ3n) is 2.92. The average Bonchev–Trinajstić information content (AvgIpc) is 2.48. The molecule has 0 spiro atoms. The highest BCUT2D eigenvalue weighted by Gasteiger charge is 2.12. The maximum atomic E-state index is 12.4. The van der Waals surface area contributed by atoms with Crippen molar-refractivity contribution in [3.63, 3.8) is 0 Å². The molecule has 110 valence electrons. The Balaban J connectivity index is 2.20. The molecule has 3 nitrogen and oxygen atoms in total. The number of carbonyl (C=O) groups excluding carboxylic acids is 1. The van der Waals surface area contributed by atoms with Crippen LogP contribution in [0.25, 0.3) is 0 Å². The Morgan fingerprint density at radius 2 is 1.86 bits per heavy atom. The lowest BCUT2D eigenvalue weighted by Crippen LogP contribution is -2.15. The summed E-state index contributed by atoms with van der Waals surface area (Å²) in [5, 5.41) is 6.98. The molecule has 2 aromatic rings. The van der Waals surface area contributed by atoms with Crippen molar-refractivity contribution in [1.82, 2.24) is 0 Å². The summed E-state index contributed by atoms with van der Waals surface area (Å²) in [5.74, 6) is -0.210. The first kappa shape index (κ1) is 15.7. The van der Waals surface area contributed by atoms with Gasteiger partial charge in [-0.05, 0) is 36.8 Å². The fourth-order valence-electron chi connectivity index (χ4n) is 1.88. The number of benzene rings is 2. The zero-order valence-corrected chi connectivity index (χ0v) is 13.1. The smallest absolute Gasteiger partial charge is 0.257 e. The maximum Gasteiger partial charge on any atom is 0.257 e. The molecular weight excluding hydrogens is 307 g/mol. The minimum Gasteiger partial charge on any atom is -0.384 e. The molecule has 0 saturated carbocycles. The van der Waals surface area contributed by atoms with Crippen molar-refractivity contribution in [3.8, 4) is 0 Å². The molecular formula is C16H16Cl2N2O. The highest BCUT2D eigenvalue weighted by atomic mass is 35.5. The topological polar surface area (TPSA) is 41.1 Å². The number of nitrogens with one attached hydrogen (secondary N) is 2. The van der Waals surface area contributed by atoms with E-state index in [0.717, 1.165) is 18.7 Å². The molecule has 0 bridgehead atoms. The third kappa shape index (κ3) is 4.13. The molecule has 1 amide bonds. The van der Waals surface area contributed by atoms with Crippen LogP contribution in [0.4, 0.5) is 11.4 Å². The van der Waals surface area contributed by atoms with Crippen molar-refractivity contribution in [3.05, 3.63) is 58.1 Å². The van der Waals surface area contributed by atoms with Gasteiger partial charge in [0.05, 0.1) is 16.3 Å². The van der Waals surface area contributed by atoms with E-state index in [1.165, 1.54) is 0 Å². The fraction of sp³-hybridized carbons (Fsp3) is 0.188. The molecule has 2 aromatic carbocycles. The van der Waals surface area contributed by atoms with Crippen LogP contribution < -0.4 is 10.6 Å². The normalized spacial score (nSPS) is 10.2. The van der Waals surface area contributed by atoms with Crippen LogP contribution in [-0.4, -0.2) is 12.5 Å². The van der Waals surface area contributed by atoms with E-state index >= 15 is 0 Å². The van der Waals surface area contributed by atoms with Crippen LogP contribution in [0.3, 0.4) is 0 Å². The minimum absolute atomic E-state index is 0.210. The lowest BCUT2D eigenvalue weighted by Gasteiger charge is -2.12. The van der Waals surface area contributed by atoms with Gasteiger partial charge in [-0.1, -0.05) is 42.3 Å². The molecule has 0 heterocycles. The first-order valence-corrected chi connectivity index (χ1v) is 7.46. The Kier molecular flexibility index (Phi) is 5.48. The second-order valence-electron chi connectivity index (χ2n) is 4.55. The Morgan fingerprint density at radius 3 is 2.57 bits per heavy atom. The fourth-order valence-corrected chi connectivity index (χ4v) is 2.33. The van der Waals surface area contributed by atoms with Gasteiger partial charge in [0.15, 0.2) is 0 Å². The number of para-hydroxylation sites is 1. The number of carbonyl (C=O) groups is 1. The van der Waals surface area contributed by atoms with Crippen molar-refractivity contribution < 1.29 is 4.79 Å². The van der Waals surface area contributed by atoms with Gasteiger partial charge >= 0.3 is 0 Å². The second-order valence-corrected chi connectivity index (χ2v) is 5.39. The van der Waals surface area contributed by atoms with Crippen LogP contribution in [-0.2, 0) is 0 Å². The molecule has 0 aliphatic heterocycles. The van der Waals surface area contributed by atoms with Gasteiger partial charge in [0.25, 0.3) is 5.91 Å². The monoisotopic (exact) mass is 322 g/mol. The van der Waals surface area contributed by atoms with Gasteiger partial charge in [0.2, 0.25) is 0 Å². The first-order valence-electron chi connectivity index (χ1n) is 6.71. The lowest BCUT2D eigenvalue weighted by atomic mass is 10.1.